The summed E-state index contributed by atoms with van der Waals surface area (Å²) in [6.45, 7) is 4.26. The van der Waals surface area contributed by atoms with E-state index in [9.17, 15) is 9.18 Å². The van der Waals surface area contributed by atoms with Crippen LogP contribution in [0.25, 0.3) is 5.69 Å². The average Bonchev–Trinajstić information content (AvgIpc) is 3.19. The van der Waals surface area contributed by atoms with Crippen LogP contribution in [0.2, 0.25) is 0 Å². The summed E-state index contributed by atoms with van der Waals surface area (Å²) in [5, 5.41) is 4.18. The second kappa shape index (κ2) is 8.77. The SMILES string of the molecule is C=CCN(Cc1cc(Br)ccc1F)C(=O)Cc1ccc(-n2cccn2)cc1. The summed E-state index contributed by atoms with van der Waals surface area (Å²) in [6, 6.07) is 14.2. The molecule has 0 aliphatic heterocycles. The predicted molar refractivity (Wildman–Crippen MR) is 107 cm³/mol. The van der Waals surface area contributed by atoms with Gasteiger partial charge in [0.05, 0.1) is 12.1 Å². The zero-order valence-electron chi connectivity index (χ0n) is 14.7. The zero-order valence-corrected chi connectivity index (χ0v) is 16.3. The largest absolute Gasteiger partial charge is 0.334 e. The fourth-order valence-electron chi connectivity index (χ4n) is 2.75. The van der Waals surface area contributed by atoms with Gasteiger partial charge in [-0.2, -0.15) is 5.10 Å². The molecule has 1 amide bonds. The lowest BCUT2D eigenvalue weighted by atomic mass is 10.1. The first kappa shape index (κ1) is 19.0. The number of rotatable bonds is 7. The summed E-state index contributed by atoms with van der Waals surface area (Å²) in [6.07, 6.45) is 5.46. The predicted octanol–water partition coefficient (Wildman–Crippen LogP) is 4.53. The van der Waals surface area contributed by atoms with Gasteiger partial charge in [0, 0.05) is 35.5 Å². The van der Waals surface area contributed by atoms with Crippen molar-refractivity contribution in [3.63, 3.8) is 0 Å². The van der Waals surface area contributed by atoms with Gasteiger partial charge in [0.2, 0.25) is 5.91 Å². The van der Waals surface area contributed by atoms with E-state index in [1.54, 1.807) is 34.0 Å². The third-order valence-electron chi connectivity index (χ3n) is 4.13. The number of halogens is 2. The molecule has 0 atom stereocenters. The maximum absolute atomic E-state index is 14.0. The molecule has 0 aliphatic carbocycles. The summed E-state index contributed by atoms with van der Waals surface area (Å²) in [7, 11) is 0. The normalized spacial score (nSPS) is 10.6. The Balaban J connectivity index is 1.71. The molecular weight excluding hydrogens is 409 g/mol. The van der Waals surface area contributed by atoms with Crippen LogP contribution < -0.4 is 0 Å². The van der Waals surface area contributed by atoms with Gasteiger partial charge in [-0.15, -0.1) is 6.58 Å². The third kappa shape index (κ3) is 4.92. The first-order chi connectivity index (χ1) is 13.1. The minimum absolute atomic E-state index is 0.0823. The Labute approximate surface area is 166 Å². The Morgan fingerprint density at radius 3 is 2.70 bits per heavy atom. The van der Waals surface area contributed by atoms with Crippen LogP contribution in [0.15, 0.2) is 78.1 Å². The molecule has 0 saturated carbocycles. The Hall–Kier alpha value is -2.73. The molecule has 1 heterocycles. The standard InChI is InChI=1S/C21H19BrFN3O/c1-2-11-25(15-17-14-18(22)6-9-20(17)23)21(27)13-16-4-7-19(8-5-16)26-12-3-10-24-26/h2-10,12,14H,1,11,13,15H2. The molecule has 0 bridgehead atoms. The van der Waals surface area contributed by atoms with E-state index in [1.807, 2.05) is 36.5 Å². The average molecular weight is 428 g/mol. The van der Waals surface area contributed by atoms with Crippen molar-refractivity contribution in [1.82, 2.24) is 14.7 Å². The number of nitrogens with zero attached hydrogens (tertiary/aromatic N) is 3. The van der Waals surface area contributed by atoms with Gasteiger partial charge < -0.3 is 4.90 Å². The molecule has 0 aliphatic rings. The van der Waals surface area contributed by atoms with E-state index in [1.165, 1.54) is 6.07 Å². The molecule has 0 saturated heterocycles. The number of hydrogen-bond acceptors (Lipinski definition) is 2. The number of amides is 1. The molecule has 6 heteroatoms. The van der Waals surface area contributed by atoms with Crippen molar-refractivity contribution in [2.45, 2.75) is 13.0 Å². The number of hydrogen-bond donors (Lipinski definition) is 0. The van der Waals surface area contributed by atoms with Gasteiger partial charge in [0.15, 0.2) is 0 Å². The highest BCUT2D eigenvalue weighted by Gasteiger charge is 2.16. The molecule has 138 valence electrons. The number of carbonyl (C=O) groups is 1. The fraction of sp³-hybridized carbons (Fsp3) is 0.143. The molecule has 0 unspecified atom stereocenters. The van der Waals surface area contributed by atoms with Gasteiger partial charge in [-0.3, -0.25) is 4.79 Å². The van der Waals surface area contributed by atoms with Crippen LogP contribution in [0.1, 0.15) is 11.1 Å². The van der Waals surface area contributed by atoms with E-state index < -0.39 is 0 Å². The van der Waals surface area contributed by atoms with Crippen LogP contribution in [-0.2, 0) is 17.8 Å². The van der Waals surface area contributed by atoms with Crippen molar-refractivity contribution < 1.29 is 9.18 Å². The lowest BCUT2D eigenvalue weighted by Gasteiger charge is -2.22. The Bertz CT molecular complexity index is 923. The number of carbonyl (C=O) groups excluding carboxylic acids is 1. The van der Waals surface area contributed by atoms with Crippen LogP contribution >= 0.6 is 15.9 Å². The van der Waals surface area contributed by atoms with E-state index in [4.69, 9.17) is 0 Å². The molecule has 2 aromatic carbocycles. The highest BCUT2D eigenvalue weighted by Crippen LogP contribution is 2.18. The second-order valence-corrected chi connectivity index (χ2v) is 7.01. The van der Waals surface area contributed by atoms with Crippen molar-refractivity contribution in [1.29, 1.82) is 0 Å². The smallest absolute Gasteiger partial charge is 0.227 e. The quantitative estimate of drug-likeness (QED) is 0.519. The Kier molecular flexibility index (Phi) is 6.19. The van der Waals surface area contributed by atoms with E-state index in [0.717, 1.165) is 15.7 Å². The first-order valence-electron chi connectivity index (χ1n) is 8.48. The van der Waals surface area contributed by atoms with Crippen LogP contribution in [0.5, 0.6) is 0 Å². The van der Waals surface area contributed by atoms with Crippen molar-refractivity contribution in [3.8, 4) is 5.69 Å². The fourth-order valence-corrected chi connectivity index (χ4v) is 3.16. The molecule has 27 heavy (non-hydrogen) atoms. The van der Waals surface area contributed by atoms with E-state index in [-0.39, 0.29) is 24.7 Å². The first-order valence-corrected chi connectivity index (χ1v) is 9.27. The minimum atomic E-state index is -0.330. The van der Waals surface area contributed by atoms with E-state index in [2.05, 4.69) is 27.6 Å². The topological polar surface area (TPSA) is 38.1 Å². The molecule has 3 rings (SSSR count). The molecule has 0 N–H and O–H groups in total. The minimum Gasteiger partial charge on any atom is -0.334 e. The second-order valence-electron chi connectivity index (χ2n) is 6.09. The van der Waals surface area contributed by atoms with E-state index >= 15 is 0 Å². The summed E-state index contributed by atoms with van der Waals surface area (Å²) in [5.74, 6) is -0.412. The van der Waals surface area contributed by atoms with Crippen molar-refractivity contribution in [3.05, 3.63) is 95.0 Å². The lowest BCUT2D eigenvalue weighted by molar-refractivity contribution is -0.130. The molecular formula is C21H19BrFN3O. The summed E-state index contributed by atoms with van der Waals surface area (Å²) < 4.78 is 16.6. The van der Waals surface area contributed by atoms with Crippen molar-refractivity contribution in [2.24, 2.45) is 0 Å². The zero-order chi connectivity index (χ0) is 19.2. The van der Waals surface area contributed by atoms with E-state index in [0.29, 0.717) is 12.1 Å². The monoisotopic (exact) mass is 427 g/mol. The summed E-state index contributed by atoms with van der Waals surface area (Å²) in [5.41, 5.74) is 2.28. The molecule has 4 nitrogen and oxygen atoms in total. The van der Waals surface area contributed by atoms with Crippen LogP contribution in [0.4, 0.5) is 4.39 Å². The highest BCUT2D eigenvalue weighted by molar-refractivity contribution is 9.10. The molecule has 0 spiro atoms. The van der Waals surface area contributed by atoms with Crippen LogP contribution in [0.3, 0.4) is 0 Å². The van der Waals surface area contributed by atoms with Crippen LogP contribution in [0, 0.1) is 5.82 Å². The molecule has 0 radical (unpaired) electrons. The maximum atomic E-state index is 14.0. The highest BCUT2D eigenvalue weighted by atomic mass is 79.9. The van der Waals surface area contributed by atoms with Gasteiger partial charge in [-0.05, 0) is 42.0 Å². The maximum Gasteiger partial charge on any atom is 0.227 e. The van der Waals surface area contributed by atoms with Crippen molar-refractivity contribution in [2.75, 3.05) is 6.54 Å². The van der Waals surface area contributed by atoms with Gasteiger partial charge in [-0.1, -0.05) is 34.1 Å². The molecule has 3 aromatic rings. The van der Waals surface area contributed by atoms with Gasteiger partial charge in [-0.25, -0.2) is 9.07 Å². The molecule has 0 fully saturated rings. The third-order valence-corrected chi connectivity index (χ3v) is 4.63. The Morgan fingerprint density at radius 1 is 1.26 bits per heavy atom. The lowest BCUT2D eigenvalue weighted by Crippen LogP contribution is -2.32. The summed E-state index contributed by atoms with van der Waals surface area (Å²) in [4.78, 5) is 14.3. The number of benzene rings is 2. The van der Waals surface area contributed by atoms with Gasteiger partial charge >= 0.3 is 0 Å². The molecule has 1 aromatic heterocycles. The Morgan fingerprint density at radius 2 is 2.04 bits per heavy atom. The van der Waals surface area contributed by atoms with Crippen molar-refractivity contribution >= 4 is 21.8 Å². The summed E-state index contributed by atoms with van der Waals surface area (Å²) >= 11 is 3.34. The van der Waals surface area contributed by atoms with Gasteiger partial charge in [0.25, 0.3) is 0 Å². The number of aromatic nitrogens is 2. The van der Waals surface area contributed by atoms with Crippen LogP contribution in [-0.4, -0.2) is 27.1 Å². The van der Waals surface area contributed by atoms with Gasteiger partial charge in [0.1, 0.15) is 5.82 Å².